The van der Waals surface area contributed by atoms with Crippen LogP contribution in [0.4, 0.5) is 0 Å². The number of aryl methyl sites for hydroxylation is 2. The molecule has 2 heterocycles. The predicted molar refractivity (Wildman–Crippen MR) is 77.3 cm³/mol. The summed E-state index contributed by atoms with van der Waals surface area (Å²) < 4.78 is 0. The summed E-state index contributed by atoms with van der Waals surface area (Å²) in [5.41, 5.74) is 4.02. The van der Waals surface area contributed by atoms with Crippen LogP contribution in [0.5, 0.6) is 0 Å². The molecular formula is C15H12ClN3. The van der Waals surface area contributed by atoms with Crippen LogP contribution in [0.15, 0.2) is 36.4 Å². The summed E-state index contributed by atoms with van der Waals surface area (Å²) >= 11 is 6.17. The highest BCUT2D eigenvalue weighted by Crippen LogP contribution is 2.25. The molecule has 3 rings (SSSR count). The Kier molecular flexibility index (Phi) is 2.91. The van der Waals surface area contributed by atoms with Crippen molar-refractivity contribution in [3.05, 3.63) is 52.9 Å². The number of fused-ring (bicyclic) bond motifs is 1. The van der Waals surface area contributed by atoms with E-state index in [1.165, 1.54) is 0 Å². The minimum atomic E-state index is 0.394. The Balaban J connectivity index is 2.21. The van der Waals surface area contributed by atoms with Crippen LogP contribution in [0.25, 0.3) is 22.3 Å². The van der Waals surface area contributed by atoms with E-state index in [-0.39, 0.29) is 0 Å². The highest BCUT2D eigenvalue weighted by molar-refractivity contribution is 6.31. The van der Waals surface area contributed by atoms with Gasteiger partial charge in [-0.1, -0.05) is 35.9 Å². The van der Waals surface area contributed by atoms with Crippen molar-refractivity contribution in [3.63, 3.8) is 0 Å². The number of hydrogen-bond donors (Lipinski definition) is 0. The minimum Gasteiger partial charge on any atom is -0.246 e. The number of hydrogen-bond acceptors (Lipinski definition) is 3. The smallest absolute Gasteiger partial charge is 0.157 e. The molecule has 3 aromatic rings. The first-order valence-corrected chi connectivity index (χ1v) is 6.40. The molecule has 0 bridgehead atoms. The van der Waals surface area contributed by atoms with Crippen molar-refractivity contribution in [1.29, 1.82) is 0 Å². The van der Waals surface area contributed by atoms with Crippen molar-refractivity contribution in [2.24, 2.45) is 0 Å². The molecule has 19 heavy (non-hydrogen) atoms. The third-order valence-electron chi connectivity index (χ3n) is 3.11. The molecule has 0 saturated heterocycles. The molecule has 0 saturated carbocycles. The lowest BCUT2D eigenvalue weighted by atomic mass is 10.2. The number of para-hydroxylation sites is 1. The number of nitrogens with zero attached hydrogens (tertiary/aromatic N) is 3. The third kappa shape index (κ3) is 2.17. The van der Waals surface area contributed by atoms with Crippen molar-refractivity contribution in [2.75, 3.05) is 0 Å². The van der Waals surface area contributed by atoms with Gasteiger partial charge in [-0.15, -0.1) is 0 Å². The molecular weight excluding hydrogens is 258 g/mol. The lowest BCUT2D eigenvalue weighted by molar-refractivity contribution is 1.05. The molecule has 0 aliphatic heterocycles. The molecule has 0 atom stereocenters. The van der Waals surface area contributed by atoms with Crippen LogP contribution in [-0.4, -0.2) is 15.0 Å². The van der Waals surface area contributed by atoms with E-state index in [9.17, 15) is 0 Å². The number of halogens is 1. The maximum atomic E-state index is 6.17. The summed E-state index contributed by atoms with van der Waals surface area (Å²) in [6, 6.07) is 11.9. The topological polar surface area (TPSA) is 38.7 Å². The van der Waals surface area contributed by atoms with E-state index in [0.29, 0.717) is 10.8 Å². The van der Waals surface area contributed by atoms with Gasteiger partial charge in [-0.2, -0.15) is 0 Å². The van der Waals surface area contributed by atoms with Gasteiger partial charge in [0, 0.05) is 5.39 Å². The normalized spacial score (nSPS) is 10.9. The zero-order valence-electron chi connectivity index (χ0n) is 10.7. The Bertz CT molecular complexity index is 768. The van der Waals surface area contributed by atoms with Crippen LogP contribution in [-0.2, 0) is 0 Å². The molecule has 0 radical (unpaired) electrons. The first-order valence-electron chi connectivity index (χ1n) is 6.02. The molecule has 1 aromatic carbocycles. The summed E-state index contributed by atoms with van der Waals surface area (Å²) in [7, 11) is 0. The molecule has 0 unspecified atom stereocenters. The van der Waals surface area contributed by atoms with Crippen molar-refractivity contribution >= 4 is 22.5 Å². The number of benzene rings is 1. The van der Waals surface area contributed by atoms with E-state index in [1.54, 1.807) is 0 Å². The number of rotatable bonds is 1. The second-order valence-corrected chi connectivity index (χ2v) is 4.78. The van der Waals surface area contributed by atoms with Crippen LogP contribution in [0.2, 0.25) is 5.15 Å². The Morgan fingerprint density at radius 2 is 1.58 bits per heavy atom. The van der Waals surface area contributed by atoms with Gasteiger partial charge >= 0.3 is 0 Å². The molecule has 0 fully saturated rings. The second-order valence-electron chi connectivity index (χ2n) is 4.42. The third-order valence-corrected chi connectivity index (χ3v) is 3.37. The predicted octanol–water partition coefficient (Wildman–Crippen LogP) is 3.96. The molecule has 2 aromatic heterocycles. The van der Waals surface area contributed by atoms with Gasteiger partial charge in [0.2, 0.25) is 0 Å². The summed E-state index contributed by atoms with van der Waals surface area (Å²) in [4.78, 5) is 13.4. The Morgan fingerprint density at radius 1 is 0.842 bits per heavy atom. The van der Waals surface area contributed by atoms with Gasteiger partial charge < -0.3 is 0 Å². The number of pyridine rings is 1. The van der Waals surface area contributed by atoms with Crippen LogP contribution in [0.1, 0.15) is 11.4 Å². The van der Waals surface area contributed by atoms with Gasteiger partial charge in [0.15, 0.2) is 5.15 Å². The van der Waals surface area contributed by atoms with Gasteiger partial charge in [0.25, 0.3) is 0 Å². The molecule has 0 amide bonds. The zero-order valence-corrected chi connectivity index (χ0v) is 11.4. The zero-order chi connectivity index (χ0) is 13.4. The SMILES string of the molecule is Cc1nc(Cl)c(-c2ccc3ccccc3n2)nc1C. The molecule has 0 N–H and O–H groups in total. The van der Waals surface area contributed by atoms with Crippen LogP contribution >= 0.6 is 11.6 Å². The maximum Gasteiger partial charge on any atom is 0.157 e. The van der Waals surface area contributed by atoms with E-state index in [2.05, 4.69) is 15.0 Å². The Labute approximate surface area is 116 Å². The molecule has 0 spiro atoms. The molecule has 0 aliphatic carbocycles. The molecule has 4 heteroatoms. The standard InChI is InChI=1S/C15H12ClN3/c1-9-10(2)18-15(16)14(17-9)13-8-7-11-5-3-4-6-12(11)19-13/h3-8H,1-2H3. The van der Waals surface area contributed by atoms with Gasteiger partial charge in [-0.25, -0.2) is 15.0 Å². The van der Waals surface area contributed by atoms with Gasteiger partial charge in [0.05, 0.1) is 22.6 Å². The first kappa shape index (κ1) is 12.1. The average Bonchev–Trinajstić information content (AvgIpc) is 2.42. The summed E-state index contributed by atoms with van der Waals surface area (Å²) in [6.45, 7) is 3.81. The monoisotopic (exact) mass is 269 g/mol. The summed E-state index contributed by atoms with van der Waals surface area (Å²) in [5.74, 6) is 0. The largest absolute Gasteiger partial charge is 0.246 e. The fraction of sp³-hybridized carbons (Fsp3) is 0.133. The van der Waals surface area contributed by atoms with Gasteiger partial charge in [0.1, 0.15) is 5.69 Å². The highest BCUT2D eigenvalue weighted by Gasteiger charge is 2.11. The van der Waals surface area contributed by atoms with Crippen molar-refractivity contribution in [2.45, 2.75) is 13.8 Å². The fourth-order valence-corrected chi connectivity index (χ4v) is 2.20. The fourth-order valence-electron chi connectivity index (χ4n) is 1.94. The molecule has 94 valence electrons. The summed E-state index contributed by atoms with van der Waals surface area (Å²) in [5, 5.41) is 1.49. The van der Waals surface area contributed by atoms with E-state index in [0.717, 1.165) is 28.0 Å². The molecule has 3 nitrogen and oxygen atoms in total. The molecule has 0 aliphatic rings. The Morgan fingerprint density at radius 3 is 2.42 bits per heavy atom. The van der Waals surface area contributed by atoms with Crippen LogP contribution in [0, 0.1) is 13.8 Å². The first-order chi connectivity index (χ1) is 9.15. The maximum absolute atomic E-state index is 6.17. The summed E-state index contributed by atoms with van der Waals surface area (Å²) in [6.07, 6.45) is 0. The van der Waals surface area contributed by atoms with E-state index in [4.69, 9.17) is 11.6 Å². The Hall–Kier alpha value is -2.00. The quantitative estimate of drug-likeness (QED) is 0.671. The van der Waals surface area contributed by atoms with Crippen LogP contribution in [0.3, 0.4) is 0 Å². The van der Waals surface area contributed by atoms with Crippen molar-refractivity contribution in [1.82, 2.24) is 15.0 Å². The van der Waals surface area contributed by atoms with Gasteiger partial charge in [-0.3, -0.25) is 0 Å². The second kappa shape index (κ2) is 4.59. The van der Waals surface area contributed by atoms with Gasteiger partial charge in [-0.05, 0) is 26.0 Å². The lowest BCUT2D eigenvalue weighted by Crippen LogP contribution is -1.97. The van der Waals surface area contributed by atoms with E-state index in [1.807, 2.05) is 50.2 Å². The number of aromatic nitrogens is 3. The average molecular weight is 270 g/mol. The van der Waals surface area contributed by atoms with Crippen molar-refractivity contribution < 1.29 is 0 Å². The van der Waals surface area contributed by atoms with E-state index < -0.39 is 0 Å². The highest BCUT2D eigenvalue weighted by atomic mass is 35.5. The lowest BCUT2D eigenvalue weighted by Gasteiger charge is -2.07. The van der Waals surface area contributed by atoms with Crippen molar-refractivity contribution in [3.8, 4) is 11.4 Å². The van der Waals surface area contributed by atoms with Crippen LogP contribution < -0.4 is 0 Å². The van der Waals surface area contributed by atoms with E-state index >= 15 is 0 Å². The minimum absolute atomic E-state index is 0.394.